The molecule has 1 aromatic carbocycles. The molecule has 0 atom stereocenters. The van der Waals surface area contributed by atoms with Crippen LogP contribution < -0.4 is 5.32 Å². The first-order chi connectivity index (χ1) is 8.59. The minimum absolute atomic E-state index is 0.710. The maximum absolute atomic E-state index is 6.13. The topological polar surface area (TPSA) is 12.0 Å². The molecule has 3 heteroatoms. The van der Waals surface area contributed by atoms with Gasteiger partial charge in [-0.1, -0.05) is 49.5 Å². The van der Waals surface area contributed by atoms with Crippen molar-refractivity contribution in [2.24, 2.45) is 5.92 Å². The van der Waals surface area contributed by atoms with Gasteiger partial charge in [0.25, 0.3) is 0 Å². The quantitative estimate of drug-likeness (QED) is 0.667. The van der Waals surface area contributed by atoms with Gasteiger partial charge in [-0.25, -0.2) is 0 Å². The van der Waals surface area contributed by atoms with Crippen molar-refractivity contribution in [3.05, 3.63) is 33.8 Å². The minimum Gasteiger partial charge on any atom is -0.316 e. The molecular weight excluding hydrogens is 265 g/mol. The monoisotopic (exact) mass is 287 g/mol. The predicted octanol–water partition coefficient (Wildman–Crippen LogP) is 4.95. The number of rotatable bonds is 8. The molecule has 1 N–H and O–H groups in total. The third kappa shape index (κ3) is 6.63. The summed E-state index contributed by atoms with van der Waals surface area (Å²) in [7, 11) is 0. The summed E-state index contributed by atoms with van der Waals surface area (Å²) >= 11 is 12.0. The van der Waals surface area contributed by atoms with Crippen LogP contribution in [-0.4, -0.2) is 13.1 Å². The first kappa shape index (κ1) is 15.8. The molecule has 1 rings (SSSR count). The van der Waals surface area contributed by atoms with Crippen LogP contribution in [-0.2, 0) is 6.42 Å². The smallest absolute Gasteiger partial charge is 0.0452 e. The van der Waals surface area contributed by atoms with E-state index >= 15 is 0 Å². The summed E-state index contributed by atoms with van der Waals surface area (Å²) in [6, 6.07) is 5.76. The molecule has 0 aliphatic heterocycles. The van der Waals surface area contributed by atoms with E-state index in [2.05, 4.69) is 19.2 Å². The van der Waals surface area contributed by atoms with Crippen LogP contribution in [0.1, 0.15) is 38.7 Å². The molecule has 0 saturated carbocycles. The molecule has 18 heavy (non-hydrogen) atoms. The molecule has 0 saturated heterocycles. The Morgan fingerprint density at radius 3 is 2.56 bits per heavy atom. The summed E-state index contributed by atoms with van der Waals surface area (Å²) in [6.07, 6.45) is 4.70. The largest absolute Gasteiger partial charge is 0.316 e. The van der Waals surface area contributed by atoms with Crippen LogP contribution in [0.15, 0.2) is 18.2 Å². The van der Waals surface area contributed by atoms with Crippen molar-refractivity contribution in [3.8, 4) is 0 Å². The van der Waals surface area contributed by atoms with Crippen molar-refractivity contribution in [2.45, 2.75) is 39.5 Å². The van der Waals surface area contributed by atoms with Gasteiger partial charge in [0.1, 0.15) is 0 Å². The summed E-state index contributed by atoms with van der Waals surface area (Å²) in [6.45, 7) is 6.70. The van der Waals surface area contributed by atoms with Gasteiger partial charge < -0.3 is 5.32 Å². The molecule has 1 nitrogen and oxygen atoms in total. The van der Waals surface area contributed by atoms with Gasteiger partial charge in [-0.3, -0.25) is 0 Å². The lowest BCUT2D eigenvalue weighted by Gasteiger charge is -2.07. The van der Waals surface area contributed by atoms with Crippen LogP contribution in [0.2, 0.25) is 10.0 Å². The average molecular weight is 288 g/mol. The zero-order chi connectivity index (χ0) is 13.4. The number of halogens is 2. The Bertz CT molecular complexity index is 350. The summed E-state index contributed by atoms with van der Waals surface area (Å²) in [5, 5.41) is 4.96. The van der Waals surface area contributed by atoms with E-state index in [0.29, 0.717) is 5.02 Å². The number of nitrogens with one attached hydrogen (secondary N) is 1. The molecule has 0 fully saturated rings. The fourth-order valence-electron chi connectivity index (χ4n) is 1.86. The summed E-state index contributed by atoms with van der Waals surface area (Å²) in [5.41, 5.74) is 1.20. The Balaban J connectivity index is 2.11. The predicted molar refractivity (Wildman–Crippen MR) is 81.7 cm³/mol. The van der Waals surface area contributed by atoms with E-state index in [0.717, 1.165) is 30.5 Å². The van der Waals surface area contributed by atoms with Crippen molar-refractivity contribution >= 4 is 23.2 Å². The van der Waals surface area contributed by atoms with Gasteiger partial charge in [0.2, 0.25) is 0 Å². The molecule has 0 heterocycles. The molecular formula is C15H23Cl2N. The molecule has 0 unspecified atom stereocenters. The molecule has 0 bridgehead atoms. The second-order valence-electron chi connectivity index (χ2n) is 5.14. The van der Waals surface area contributed by atoms with E-state index in [-0.39, 0.29) is 0 Å². The highest BCUT2D eigenvalue weighted by atomic mass is 35.5. The number of unbranched alkanes of at least 4 members (excludes halogenated alkanes) is 2. The van der Waals surface area contributed by atoms with Gasteiger partial charge in [0.15, 0.2) is 0 Å². The average Bonchev–Trinajstić information content (AvgIpc) is 2.30. The van der Waals surface area contributed by atoms with Gasteiger partial charge in [0, 0.05) is 10.0 Å². The van der Waals surface area contributed by atoms with Gasteiger partial charge in [0.05, 0.1) is 0 Å². The van der Waals surface area contributed by atoms with Crippen LogP contribution >= 0.6 is 23.2 Å². The number of benzene rings is 1. The standard InChI is InChI=1S/C15H23Cl2N/c1-12(2)11-18-9-5-3-4-6-13-7-8-14(16)10-15(13)17/h7-8,10,12,18H,3-6,9,11H2,1-2H3. The van der Waals surface area contributed by atoms with E-state index in [9.17, 15) is 0 Å². The van der Waals surface area contributed by atoms with Crippen molar-refractivity contribution in [2.75, 3.05) is 13.1 Å². The molecule has 1 aromatic rings. The second-order valence-corrected chi connectivity index (χ2v) is 5.99. The molecule has 0 aromatic heterocycles. The second kappa shape index (κ2) is 8.79. The van der Waals surface area contributed by atoms with E-state index in [1.54, 1.807) is 0 Å². The SMILES string of the molecule is CC(C)CNCCCCCc1ccc(Cl)cc1Cl. The Morgan fingerprint density at radius 1 is 1.11 bits per heavy atom. The van der Waals surface area contributed by atoms with Gasteiger partial charge in [-0.05, 0) is 56.0 Å². The lowest BCUT2D eigenvalue weighted by atomic mass is 10.1. The summed E-state index contributed by atoms with van der Waals surface area (Å²) in [4.78, 5) is 0. The van der Waals surface area contributed by atoms with Gasteiger partial charge in [-0.2, -0.15) is 0 Å². The van der Waals surface area contributed by atoms with Crippen molar-refractivity contribution < 1.29 is 0 Å². The normalized spacial score (nSPS) is 11.2. The maximum Gasteiger partial charge on any atom is 0.0452 e. The first-order valence-corrected chi connectivity index (χ1v) is 7.50. The Morgan fingerprint density at radius 2 is 1.89 bits per heavy atom. The summed E-state index contributed by atoms with van der Waals surface area (Å²) in [5.74, 6) is 0.734. The fraction of sp³-hybridized carbons (Fsp3) is 0.600. The minimum atomic E-state index is 0.710. The highest BCUT2D eigenvalue weighted by Crippen LogP contribution is 2.22. The fourth-order valence-corrected chi connectivity index (χ4v) is 2.36. The summed E-state index contributed by atoms with van der Waals surface area (Å²) < 4.78 is 0. The van der Waals surface area contributed by atoms with Crippen LogP contribution in [0, 0.1) is 5.92 Å². The maximum atomic E-state index is 6.13. The number of aryl methyl sites for hydroxylation is 1. The highest BCUT2D eigenvalue weighted by molar-refractivity contribution is 6.35. The lowest BCUT2D eigenvalue weighted by molar-refractivity contribution is 0.530. The zero-order valence-electron chi connectivity index (χ0n) is 11.3. The lowest BCUT2D eigenvalue weighted by Crippen LogP contribution is -2.20. The van der Waals surface area contributed by atoms with Crippen LogP contribution in [0.4, 0.5) is 0 Å². The molecule has 0 aliphatic rings. The molecule has 0 amide bonds. The number of hydrogen-bond acceptors (Lipinski definition) is 1. The van der Waals surface area contributed by atoms with Crippen molar-refractivity contribution in [1.82, 2.24) is 5.32 Å². The van der Waals surface area contributed by atoms with Gasteiger partial charge in [-0.15, -0.1) is 0 Å². The highest BCUT2D eigenvalue weighted by Gasteiger charge is 2.01. The molecule has 0 spiro atoms. The van der Waals surface area contributed by atoms with Crippen molar-refractivity contribution in [1.29, 1.82) is 0 Å². The Hall–Kier alpha value is -0.240. The van der Waals surface area contributed by atoms with Crippen LogP contribution in [0.5, 0.6) is 0 Å². The van der Waals surface area contributed by atoms with E-state index in [1.807, 2.05) is 18.2 Å². The van der Waals surface area contributed by atoms with E-state index < -0.39 is 0 Å². The van der Waals surface area contributed by atoms with Gasteiger partial charge >= 0.3 is 0 Å². The van der Waals surface area contributed by atoms with E-state index in [4.69, 9.17) is 23.2 Å². The van der Waals surface area contributed by atoms with Crippen LogP contribution in [0.25, 0.3) is 0 Å². The van der Waals surface area contributed by atoms with E-state index in [1.165, 1.54) is 24.8 Å². The Kier molecular flexibility index (Phi) is 7.73. The number of hydrogen-bond donors (Lipinski definition) is 1. The van der Waals surface area contributed by atoms with Crippen LogP contribution in [0.3, 0.4) is 0 Å². The zero-order valence-corrected chi connectivity index (χ0v) is 12.8. The molecule has 0 aliphatic carbocycles. The third-order valence-corrected chi connectivity index (χ3v) is 3.45. The molecule has 0 radical (unpaired) electrons. The van der Waals surface area contributed by atoms with Crippen molar-refractivity contribution in [3.63, 3.8) is 0 Å². The first-order valence-electron chi connectivity index (χ1n) is 6.74. The third-order valence-electron chi connectivity index (χ3n) is 2.87. The Labute approximate surface area is 121 Å². The molecule has 102 valence electrons.